The SMILES string of the molecule is O=C(O)c1cn(CCCOc2ccccc2)cn1. The van der Waals surface area contributed by atoms with Crippen LogP contribution in [0.25, 0.3) is 0 Å². The van der Waals surface area contributed by atoms with Gasteiger partial charge in [0.2, 0.25) is 0 Å². The van der Waals surface area contributed by atoms with Crippen LogP contribution < -0.4 is 4.74 Å². The van der Waals surface area contributed by atoms with Crippen LogP contribution in [0.1, 0.15) is 16.9 Å². The molecule has 0 unspecified atom stereocenters. The van der Waals surface area contributed by atoms with Crippen LogP contribution in [0.2, 0.25) is 0 Å². The standard InChI is InChI=1S/C13H14N2O3/c16-13(17)12-9-15(10-14-12)7-4-8-18-11-5-2-1-3-6-11/h1-3,5-6,9-10H,4,7-8H2,(H,16,17). The maximum atomic E-state index is 10.6. The third kappa shape index (κ3) is 3.35. The summed E-state index contributed by atoms with van der Waals surface area (Å²) in [6.07, 6.45) is 3.83. The van der Waals surface area contributed by atoms with Gasteiger partial charge < -0.3 is 14.4 Å². The predicted molar refractivity (Wildman–Crippen MR) is 65.7 cm³/mol. The molecule has 18 heavy (non-hydrogen) atoms. The number of aromatic nitrogens is 2. The second kappa shape index (κ2) is 5.86. The van der Waals surface area contributed by atoms with Crippen molar-refractivity contribution in [2.45, 2.75) is 13.0 Å². The van der Waals surface area contributed by atoms with Crippen molar-refractivity contribution in [2.24, 2.45) is 0 Å². The van der Waals surface area contributed by atoms with Gasteiger partial charge in [0.1, 0.15) is 5.75 Å². The minimum atomic E-state index is -1.01. The Labute approximate surface area is 105 Å². The van der Waals surface area contributed by atoms with Crippen molar-refractivity contribution in [3.63, 3.8) is 0 Å². The van der Waals surface area contributed by atoms with Crippen LogP contribution in [0, 0.1) is 0 Å². The van der Waals surface area contributed by atoms with Crippen molar-refractivity contribution in [3.8, 4) is 5.75 Å². The summed E-state index contributed by atoms with van der Waals surface area (Å²) in [7, 11) is 0. The van der Waals surface area contributed by atoms with Crippen molar-refractivity contribution in [1.29, 1.82) is 0 Å². The highest BCUT2D eigenvalue weighted by atomic mass is 16.5. The minimum Gasteiger partial charge on any atom is -0.494 e. The highest BCUT2D eigenvalue weighted by molar-refractivity contribution is 5.84. The molecule has 0 radical (unpaired) electrons. The van der Waals surface area contributed by atoms with Gasteiger partial charge in [-0.1, -0.05) is 18.2 Å². The number of nitrogens with zero attached hydrogens (tertiary/aromatic N) is 2. The molecule has 0 atom stereocenters. The van der Waals surface area contributed by atoms with Crippen molar-refractivity contribution >= 4 is 5.97 Å². The van der Waals surface area contributed by atoms with E-state index < -0.39 is 5.97 Å². The smallest absolute Gasteiger partial charge is 0.356 e. The lowest BCUT2D eigenvalue weighted by Crippen LogP contribution is -2.03. The Hall–Kier alpha value is -2.30. The van der Waals surface area contributed by atoms with Gasteiger partial charge in [0.15, 0.2) is 5.69 Å². The van der Waals surface area contributed by atoms with Crippen LogP contribution in [0.4, 0.5) is 0 Å². The summed E-state index contributed by atoms with van der Waals surface area (Å²) in [5.41, 5.74) is 0.0685. The Kier molecular flexibility index (Phi) is 3.96. The number of para-hydroxylation sites is 1. The van der Waals surface area contributed by atoms with Gasteiger partial charge >= 0.3 is 5.97 Å². The number of rotatable bonds is 6. The summed E-state index contributed by atoms with van der Waals surface area (Å²) in [6.45, 7) is 1.28. The molecule has 2 aromatic rings. The largest absolute Gasteiger partial charge is 0.494 e. The van der Waals surface area contributed by atoms with Crippen LogP contribution in [0.5, 0.6) is 5.75 Å². The zero-order valence-corrected chi connectivity index (χ0v) is 9.82. The Morgan fingerprint density at radius 2 is 2.11 bits per heavy atom. The lowest BCUT2D eigenvalue weighted by atomic mass is 10.3. The number of aryl methyl sites for hydroxylation is 1. The summed E-state index contributed by atoms with van der Waals surface area (Å²) in [5.74, 6) is -0.163. The molecule has 5 heteroatoms. The number of aromatic carboxylic acids is 1. The fraction of sp³-hybridized carbons (Fsp3) is 0.231. The maximum absolute atomic E-state index is 10.6. The second-order valence-corrected chi connectivity index (χ2v) is 3.82. The lowest BCUT2D eigenvalue weighted by Gasteiger charge is -2.05. The van der Waals surface area contributed by atoms with E-state index in [-0.39, 0.29) is 5.69 Å². The summed E-state index contributed by atoms with van der Waals surface area (Å²) >= 11 is 0. The summed E-state index contributed by atoms with van der Waals surface area (Å²) in [4.78, 5) is 14.4. The van der Waals surface area contributed by atoms with Crippen LogP contribution >= 0.6 is 0 Å². The Morgan fingerprint density at radius 3 is 2.78 bits per heavy atom. The van der Waals surface area contributed by atoms with E-state index in [1.54, 1.807) is 4.57 Å². The van der Waals surface area contributed by atoms with Gasteiger partial charge in [0, 0.05) is 12.7 Å². The van der Waals surface area contributed by atoms with E-state index in [1.807, 2.05) is 30.3 Å². The number of carboxylic acid groups (broad SMARTS) is 1. The fourth-order valence-corrected chi connectivity index (χ4v) is 1.55. The molecule has 1 heterocycles. The van der Waals surface area contributed by atoms with Crippen molar-refractivity contribution in [2.75, 3.05) is 6.61 Å². The first-order valence-corrected chi connectivity index (χ1v) is 5.68. The van der Waals surface area contributed by atoms with E-state index in [2.05, 4.69) is 4.98 Å². The van der Waals surface area contributed by atoms with Gasteiger partial charge in [-0.05, 0) is 18.6 Å². The number of imidazole rings is 1. The molecule has 0 aliphatic heterocycles. The van der Waals surface area contributed by atoms with E-state index in [0.717, 1.165) is 12.2 Å². The predicted octanol–water partition coefficient (Wildman–Crippen LogP) is 2.05. The van der Waals surface area contributed by atoms with Crippen LogP contribution in [0.15, 0.2) is 42.9 Å². The molecule has 0 amide bonds. The average Bonchev–Trinajstić information content (AvgIpc) is 2.85. The Morgan fingerprint density at radius 1 is 1.33 bits per heavy atom. The highest BCUT2D eigenvalue weighted by Crippen LogP contribution is 2.08. The molecule has 0 aliphatic carbocycles. The van der Waals surface area contributed by atoms with Gasteiger partial charge in [0.25, 0.3) is 0 Å². The normalized spacial score (nSPS) is 10.2. The molecule has 94 valence electrons. The molecule has 0 saturated carbocycles. The zero-order chi connectivity index (χ0) is 12.8. The van der Waals surface area contributed by atoms with Crippen LogP contribution in [-0.2, 0) is 6.54 Å². The van der Waals surface area contributed by atoms with Gasteiger partial charge in [-0.15, -0.1) is 0 Å². The number of carboxylic acids is 1. The number of benzene rings is 1. The quantitative estimate of drug-likeness (QED) is 0.792. The third-order valence-corrected chi connectivity index (χ3v) is 2.42. The van der Waals surface area contributed by atoms with Gasteiger partial charge in [-0.3, -0.25) is 0 Å². The molecule has 2 rings (SSSR count). The minimum absolute atomic E-state index is 0.0685. The first kappa shape index (κ1) is 12.2. The average molecular weight is 246 g/mol. The molecule has 1 aromatic carbocycles. The molecule has 0 fully saturated rings. The monoisotopic (exact) mass is 246 g/mol. The third-order valence-electron chi connectivity index (χ3n) is 2.42. The summed E-state index contributed by atoms with van der Waals surface area (Å²) < 4.78 is 7.28. The van der Waals surface area contributed by atoms with Crippen molar-refractivity contribution < 1.29 is 14.6 Å². The molecule has 0 bridgehead atoms. The Balaban J connectivity index is 1.73. The van der Waals surface area contributed by atoms with Gasteiger partial charge in [0.05, 0.1) is 12.9 Å². The van der Waals surface area contributed by atoms with Crippen molar-refractivity contribution in [1.82, 2.24) is 9.55 Å². The fourth-order valence-electron chi connectivity index (χ4n) is 1.55. The summed E-state index contributed by atoms with van der Waals surface area (Å²) in [6, 6.07) is 9.58. The molecule has 0 spiro atoms. The number of hydrogen-bond donors (Lipinski definition) is 1. The first-order valence-electron chi connectivity index (χ1n) is 5.68. The molecule has 5 nitrogen and oxygen atoms in total. The van der Waals surface area contributed by atoms with E-state index >= 15 is 0 Å². The van der Waals surface area contributed by atoms with E-state index in [4.69, 9.17) is 9.84 Å². The summed E-state index contributed by atoms with van der Waals surface area (Å²) in [5, 5.41) is 8.72. The highest BCUT2D eigenvalue weighted by Gasteiger charge is 2.05. The molecule has 1 aromatic heterocycles. The van der Waals surface area contributed by atoms with Crippen LogP contribution in [0.3, 0.4) is 0 Å². The molecular formula is C13H14N2O3. The van der Waals surface area contributed by atoms with Gasteiger partial charge in [-0.25, -0.2) is 9.78 Å². The first-order chi connectivity index (χ1) is 8.75. The van der Waals surface area contributed by atoms with E-state index in [0.29, 0.717) is 13.2 Å². The maximum Gasteiger partial charge on any atom is 0.356 e. The van der Waals surface area contributed by atoms with Crippen LogP contribution in [-0.4, -0.2) is 27.2 Å². The second-order valence-electron chi connectivity index (χ2n) is 3.82. The number of ether oxygens (including phenoxy) is 1. The van der Waals surface area contributed by atoms with Crippen molar-refractivity contribution in [3.05, 3.63) is 48.5 Å². The topological polar surface area (TPSA) is 64.3 Å². The number of carbonyl (C=O) groups is 1. The molecule has 0 saturated heterocycles. The van der Waals surface area contributed by atoms with Gasteiger partial charge in [-0.2, -0.15) is 0 Å². The molecular weight excluding hydrogens is 232 g/mol. The molecule has 1 N–H and O–H groups in total. The number of hydrogen-bond acceptors (Lipinski definition) is 3. The lowest BCUT2D eigenvalue weighted by molar-refractivity contribution is 0.0691. The molecule has 0 aliphatic rings. The Bertz CT molecular complexity index is 508. The van der Waals surface area contributed by atoms with E-state index in [1.165, 1.54) is 12.5 Å². The van der Waals surface area contributed by atoms with E-state index in [9.17, 15) is 4.79 Å². The zero-order valence-electron chi connectivity index (χ0n) is 9.82.